The van der Waals surface area contributed by atoms with E-state index in [4.69, 9.17) is 5.73 Å². The number of nitrogens with two attached hydrogens (primary N) is 1. The van der Waals surface area contributed by atoms with Crippen LogP contribution in [0.3, 0.4) is 0 Å². The lowest BCUT2D eigenvalue weighted by molar-refractivity contribution is 0.172. The molecule has 1 aromatic carbocycles. The summed E-state index contributed by atoms with van der Waals surface area (Å²) in [6.45, 7) is 6.37. The van der Waals surface area contributed by atoms with Crippen molar-refractivity contribution in [3.63, 3.8) is 0 Å². The molecule has 1 saturated heterocycles. The first kappa shape index (κ1) is 13.6. The summed E-state index contributed by atoms with van der Waals surface area (Å²) in [6, 6.07) is 9.19. The minimum Gasteiger partial charge on any atom is -0.327 e. The first-order valence-corrected chi connectivity index (χ1v) is 7.25. The van der Waals surface area contributed by atoms with Gasteiger partial charge in [0.15, 0.2) is 0 Å². The van der Waals surface area contributed by atoms with Gasteiger partial charge in [0.1, 0.15) is 0 Å². The van der Waals surface area contributed by atoms with Crippen LogP contribution in [0.5, 0.6) is 0 Å². The molecule has 18 heavy (non-hydrogen) atoms. The number of hydrogen-bond donors (Lipinski definition) is 1. The van der Waals surface area contributed by atoms with Crippen molar-refractivity contribution in [1.29, 1.82) is 0 Å². The monoisotopic (exact) mass is 246 g/mol. The largest absolute Gasteiger partial charge is 0.327 e. The van der Waals surface area contributed by atoms with Crippen LogP contribution in [0.15, 0.2) is 24.3 Å². The van der Waals surface area contributed by atoms with Crippen molar-refractivity contribution in [3.05, 3.63) is 35.4 Å². The summed E-state index contributed by atoms with van der Waals surface area (Å²) in [5.74, 6) is 0. The van der Waals surface area contributed by atoms with E-state index < -0.39 is 0 Å². The summed E-state index contributed by atoms with van der Waals surface area (Å²) in [6.07, 6.45) is 3.52. The molecule has 2 N–H and O–H groups in total. The van der Waals surface area contributed by atoms with Crippen LogP contribution < -0.4 is 5.73 Å². The lowest BCUT2D eigenvalue weighted by Crippen LogP contribution is -2.49. The molecule has 0 amide bonds. The van der Waals surface area contributed by atoms with Crippen LogP contribution in [0, 0.1) is 0 Å². The Morgan fingerprint density at radius 2 is 1.78 bits per heavy atom. The van der Waals surface area contributed by atoms with Gasteiger partial charge < -0.3 is 10.6 Å². The lowest BCUT2D eigenvalue weighted by Gasteiger charge is -2.41. The van der Waals surface area contributed by atoms with Crippen molar-refractivity contribution in [3.8, 4) is 0 Å². The number of benzene rings is 1. The predicted octanol–water partition coefficient (Wildman–Crippen LogP) is 2.56. The predicted molar refractivity (Wildman–Crippen MR) is 77.9 cm³/mol. The van der Waals surface area contributed by atoms with E-state index in [1.807, 2.05) is 13.8 Å². The van der Waals surface area contributed by atoms with Crippen LogP contribution in [-0.4, -0.2) is 31.1 Å². The highest BCUT2D eigenvalue weighted by Gasteiger charge is 2.45. The zero-order valence-electron chi connectivity index (χ0n) is 11.9. The van der Waals surface area contributed by atoms with E-state index in [0.717, 1.165) is 6.42 Å². The molecular formula is C16H26N2. The smallest absolute Gasteiger partial charge is 0.0178 e. The van der Waals surface area contributed by atoms with Gasteiger partial charge in [0.05, 0.1) is 0 Å². The fourth-order valence-corrected chi connectivity index (χ4v) is 3.47. The van der Waals surface area contributed by atoms with E-state index in [2.05, 4.69) is 36.2 Å². The third kappa shape index (κ3) is 2.08. The maximum atomic E-state index is 6.42. The molecule has 0 aromatic heterocycles. The van der Waals surface area contributed by atoms with Crippen LogP contribution in [0.25, 0.3) is 0 Å². The van der Waals surface area contributed by atoms with Crippen molar-refractivity contribution < 1.29 is 0 Å². The second-order valence-corrected chi connectivity index (χ2v) is 5.43. The summed E-state index contributed by atoms with van der Waals surface area (Å²) in [4.78, 5) is 2.42. The molecule has 100 valence electrons. The van der Waals surface area contributed by atoms with Crippen molar-refractivity contribution in [2.75, 3.05) is 20.1 Å². The Morgan fingerprint density at radius 1 is 1.17 bits per heavy atom. The highest BCUT2D eigenvalue weighted by Crippen LogP contribution is 2.45. The second kappa shape index (κ2) is 5.41. The Bertz CT molecular complexity index is 392. The molecule has 1 fully saturated rings. The van der Waals surface area contributed by atoms with Gasteiger partial charge in [-0.05, 0) is 50.5 Å². The molecular weight excluding hydrogens is 220 g/mol. The summed E-state index contributed by atoms with van der Waals surface area (Å²) in [5, 5.41) is 0. The molecule has 1 spiro atoms. The molecule has 1 heterocycles. The third-order valence-electron chi connectivity index (χ3n) is 4.58. The minimum atomic E-state index is 0.281. The van der Waals surface area contributed by atoms with Crippen molar-refractivity contribution >= 4 is 0 Å². The standard InChI is InChI=1S/C14H20N2.C2H6/c1-16-8-6-14(7-9-16)12-5-3-2-4-11(12)10-13(14)15;1-2/h2-5,13H,6-10,15H2,1H3;1-2H3. The van der Waals surface area contributed by atoms with Crippen molar-refractivity contribution in [2.45, 2.75) is 44.6 Å². The molecule has 1 aliphatic heterocycles. The Morgan fingerprint density at radius 3 is 2.44 bits per heavy atom. The number of hydrogen-bond acceptors (Lipinski definition) is 2. The van der Waals surface area contributed by atoms with Crippen molar-refractivity contribution in [1.82, 2.24) is 4.90 Å². The molecule has 2 aliphatic rings. The topological polar surface area (TPSA) is 29.3 Å². The number of likely N-dealkylation sites (tertiary alicyclic amines) is 1. The Labute approximate surface area is 111 Å². The molecule has 0 saturated carbocycles. The second-order valence-electron chi connectivity index (χ2n) is 5.43. The Balaban J connectivity index is 0.000000574. The molecule has 2 heteroatoms. The van der Waals surface area contributed by atoms with Gasteiger partial charge in [-0.1, -0.05) is 38.1 Å². The van der Waals surface area contributed by atoms with Crippen LogP contribution in [0.2, 0.25) is 0 Å². The molecule has 2 nitrogen and oxygen atoms in total. The lowest BCUT2D eigenvalue weighted by atomic mass is 9.71. The average molecular weight is 246 g/mol. The van der Waals surface area contributed by atoms with Crippen LogP contribution in [-0.2, 0) is 11.8 Å². The zero-order chi connectivity index (χ0) is 13.2. The summed E-state index contributed by atoms with van der Waals surface area (Å²) in [5.41, 5.74) is 9.73. The molecule has 1 unspecified atom stereocenters. The quantitative estimate of drug-likeness (QED) is 0.762. The summed E-state index contributed by atoms with van der Waals surface area (Å²) < 4.78 is 0. The fourth-order valence-electron chi connectivity index (χ4n) is 3.47. The number of nitrogens with zero attached hydrogens (tertiary/aromatic N) is 1. The van der Waals surface area contributed by atoms with E-state index in [9.17, 15) is 0 Å². The van der Waals surface area contributed by atoms with E-state index >= 15 is 0 Å². The molecule has 3 rings (SSSR count). The Hall–Kier alpha value is -0.860. The molecule has 0 radical (unpaired) electrons. The van der Waals surface area contributed by atoms with Gasteiger partial charge in [-0.3, -0.25) is 0 Å². The molecule has 0 bridgehead atoms. The van der Waals surface area contributed by atoms with Gasteiger partial charge in [0.2, 0.25) is 0 Å². The number of piperidine rings is 1. The third-order valence-corrected chi connectivity index (χ3v) is 4.58. The van der Waals surface area contributed by atoms with Gasteiger partial charge in [-0.2, -0.15) is 0 Å². The molecule has 1 aromatic rings. The van der Waals surface area contributed by atoms with Crippen LogP contribution in [0.1, 0.15) is 37.8 Å². The van der Waals surface area contributed by atoms with Gasteiger partial charge >= 0.3 is 0 Å². The molecule has 1 atom stereocenters. The normalized spacial score (nSPS) is 25.4. The van der Waals surface area contributed by atoms with Gasteiger partial charge in [0, 0.05) is 11.5 Å². The minimum absolute atomic E-state index is 0.281. The van der Waals surface area contributed by atoms with Crippen molar-refractivity contribution in [2.24, 2.45) is 5.73 Å². The van der Waals surface area contributed by atoms with Gasteiger partial charge in [-0.25, -0.2) is 0 Å². The summed E-state index contributed by atoms with van der Waals surface area (Å²) in [7, 11) is 2.21. The highest BCUT2D eigenvalue weighted by atomic mass is 15.1. The summed E-state index contributed by atoms with van der Waals surface area (Å²) >= 11 is 0. The van der Waals surface area contributed by atoms with Crippen LogP contribution in [0.4, 0.5) is 0 Å². The van der Waals surface area contributed by atoms with E-state index in [0.29, 0.717) is 6.04 Å². The Kier molecular flexibility index (Phi) is 4.08. The molecule has 1 aliphatic carbocycles. The average Bonchev–Trinajstić information content (AvgIpc) is 2.69. The first-order valence-electron chi connectivity index (χ1n) is 7.25. The van der Waals surface area contributed by atoms with E-state index in [1.54, 1.807) is 0 Å². The number of fused-ring (bicyclic) bond motifs is 2. The zero-order valence-corrected chi connectivity index (χ0v) is 11.9. The van der Waals surface area contributed by atoms with E-state index in [1.165, 1.54) is 37.1 Å². The van der Waals surface area contributed by atoms with Crippen LogP contribution >= 0.6 is 0 Å². The number of rotatable bonds is 0. The fraction of sp³-hybridized carbons (Fsp3) is 0.625. The SMILES string of the molecule is CC.CN1CCC2(CC1)c1ccccc1CC2N. The van der Waals surface area contributed by atoms with Gasteiger partial charge in [0.25, 0.3) is 0 Å². The van der Waals surface area contributed by atoms with Gasteiger partial charge in [-0.15, -0.1) is 0 Å². The highest BCUT2D eigenvalue weighted by molar-refractivity contribution is 5.42. The maximum absolute atomic E-state index is 6.42. The maximum Gasteiger partial charge on any atom is 0.0178 e. The first-order chi connectivity index (χ1) is 8.72. The van der Waals surface area contributed by atoms with E-state index in [-0.39, 0.29) is 5.41 Å².